The average molecular weight is 333 g/mol. The largest absolute Gasteiger partial charge is 0.381 e. The molecule has 2 unspecified atom stereocenters. The molecule has 5 nitrogen and oxygen atoms in total. The van der Waals surface area contributed by atoms with Gasteiger partial charge in [0.05, 0.1) is 6.04 Å². The number of hydrogen-bond donors (Lipinski definition) is 2. The number of ether oxygens (including phenoxy) is 1. The predicted molar refractivity (Wildman–Crippen MR) is 96.5 cm³/mol. The second kappa shape index (κ2) is 9.77. The highest BCUT2D eigenvalue weighted by atomic mass is 16.5. The van der Waals surface area contributed by atoms with Crippen LogP contribution in [-0.4, -0.2) is 49.7 Å². The first-order valence-electron chi connectivity index (χ1n) is 8.93. The number of nitrogens with zero attached hydrogens (tertiary/aromatic N) is 1. The van der Waals surface area contributed by atoms with Gasteiger partial charge in [0.1, 0.15) is 0 Å². The minimum atomic E-state index is -0.411. The zero-order valence-electron chi connectivity index (χ0n) is 14.9. The van der Waals surface area contributed by atoms with Gasteiger partial charge >= 0.3 is 0 Å². The number of benzene rings is 1. The molecule has 1 amide bonds. The summed E-state index contributed by atoms with van der Waals surface area (Å²) in [4.78, 5) is 14.5. The fourth-order valence-electron chi connectivity index (χ4n) is 3.06. The van der Waals surface area contributed by atoms with Crippen molar-refractivity contribution in [3.8, 4) is 0 Å². The molecule has 1 aliphatic rings. The number of carbonyl (C=O) groups excluding carboxylic acids is 1. The Morgan fingerprint density at radius 3 is 2.67 bits per heavy atom. The molecule has 24 heavy (non-hydrogen) atoms. The van der Waals surface area contributed by atoms with Crippen LogP contribution < -0.4 is 11.1 Å². The number of carbonyl (C=O) groups is 1. The molecule has 1 fully saturated rings. The Balaban J connectivity index is 1.67. The Kier molecular flexibility index (Phi) is 7.69. The van der Waals surface area contributed by atoms with Crippen LogP contribution in [0.2, 0.25) is 0 Å². The number of amides is 1. The maximum Gasteiger partial charge on any atom is 0.237 e. The van der Waals surface area contributed by atoms with Crippen molar-refractivity contribution >= 4 is 5.91 Å². The first-order valence-corrected chi connectivity index (χ1v) is 8.93. The lowest BCUT2D eigenvalue weighted by Gasteiger charge is -2.28. The van der Waals surface area contributed by atoms with Crippen molar-refractivity contribution < 1.29 is 9.53 Å². The first kappa shape index (κ1) is 18.9. The van der Waals surface area contributed by atoms with E-state index in [-0.39, 0.29) is 11.8 Å². The molecule has 0 spiro atoms. The van der Waals surface area contributed by atoms with E-state index < -0.39 is 6.04 Å². The van der Waals surface area contributed by atoms with E-state index in [0.717, 1.165) is 25.8 Å². The van der Waals surface area contributed by atoms with Crippen LogP contribution >= 0.6 is 0 Å². The quantitative estimate of drug-likeness (QED) is 0.761. The highest BCUT2D eigenvalue weighted by Gasteiger charge is 2.26. The molecule has 1 aromatic rings. The van der Waals surface area contributed by atoms with Gasteiger partial charge in [-0.15, -0.1) is 0 Å². The van der Waals surface area contributed by atoms with Gasteiger partial charge in [-0.3, -0.25) is 9.69 Å². The van der Waals surface area contributed by atoms with E-state index in [0.29, 0.717) is 25.8 Å². The Hall–Kier alpha value is -1.43. The molecule has 1 aromatic carbocycles. The smallest absolute Gasteiger partial charge is 0.237 e. The van der Waals surface area contributed by atoms with Crippen molar-refractivity contribution in [1.29, 1.82) is 0 Å². The molecule has 0 aliphatic carbocycles. The number of nitrogens with two attached hydrogens (primary N) is 1. The maximum atomic E-state index is 12.2. The van der Waals surface area contributed by atoms with Gasteiger partial charge in [0, 0.05) is 32.3 Å². The second-order valence-corrected chi connectivity index (χ2v) is 6.81. The van der Waals surface area contributed by atoms with Crippen molar-refractivity contribution in [2.45, 2.75) is 44.8 Å². The van der Waals surface area contributed by atoms with Gasteiger partial charge in [-0.1, -0.05) is 30.3 Å². The third kappa shape index (κ3) is 5.89. The molecule has 0 radical (unpaired) electrons. The van der Waals surface area contributed by atoms with Crippen LogP contribution in [0.5, 0.6) is 0 Å². The van der Waals surface area contributed by atoms with Gasteiger partial charge in [-0.2, -0.15) is 0 Å². The zero-order chi connectivity index (χ0) is 17.4. The van der Waals surface area contributed by atoms with Gasteiger partial charge in [0.15, 0.2) is 0 Å². The standard InChI is InChI=1S/C19H31N3O2/c1-15(22(2)14-16-6-4-3-5-7-16)8-11-21-19(23)18(20)17-9-12-24-13-10-17/h3-7,15,17-18H,8-14,20H2,1-2H3,(H,21,23). The van der Waals surface area contributed by atoms with E-state index in [9.17, 15) is 4.79 Å². The molecule has 0 aromatic heterocycles. The Labute approximate surface area is 145 Å². The van der Waals surface area contributed by atoms with Crippen LogP contribution in [0, 0.1) is 5.92 Å². The van der Waals surface area contributed by atoms with Gasteiger partial charge in [0.2, 0.25) is 5.91 Å². The molecule has 2 atom stereocenters. The Bertz CT molecular complexity index is 489. The summed E-state index contributed by atoms with van der Waals surface area (Å²) in [6.07, 6.45) is 2.67. The van der Waals surface area contributed by atoms with Gasteiger partial charge in [0.25, 0.3) is 0 Å². The van der Waals surface area contributed by atoms with E-state index in [4.69, 9.17) is 10.5 Å². The summed E-state index contributed by atoms with van der Waals surface area (Å²) < 4.78 is 5.32. The highest BCUT2D eigenvalue weighted by molar-refractivity contribution is 5.81. The van der Waals surface area contributed by atoms with Crippen molar-refractivity contribution in [2.24, 2.45) is 11.7 Å². The van der Waals surface area contributed by atoms with Crippen molar-refractivity contribution in [2.75, 3.05) is 26.8 Å². The van der Waals surface area contributed by atoms with E-state index in [1.165, 1.54) is 5.56 Å². The summed E-state index contributed by atoms with van der Waals surface area (Å²) in [5.74, 6) is 0.219. The normalized spacial score (nSPS) is 18.3. The molecular formula is C19H31N3O2. The number of nitrogens with one attached hydrogen (secondary N) is 1. The monoisotopic (exact) mass is 333 g/mol. The minimum absolute atomic E-state index is 0.0280. The van der Waals surface area contributed by atoms with E-state index >= 15 is 0 Å². The summed E-state index contributed by atoms with van der Waals surface area (Å²) in [7, 11) is 2.12. The zero-order valence-corrected chi connectivity index (χ0v) is 14.9. The summed E-state index contributed by atoms with van der Waals surface area (Å²) in [5.41, 5.74) is 7.40. The van der Waals surface area contributed by atoms with Crippen LogP contribution in [0.1, 0.15) is 31.7 Å². The molecular weight excluding hydrogens is 302 g/mol. The van der Waals surface area contributed by atoms with Crippen molar-refractivity contribution in [1.82, 2.24) is 10.2 Å². The molecule has 1 heterocycles. The van der Waals surface area contributed by atoms with E-state index in [2.05, 4.69) is 48.5 Å². The number of rotatable bonds is 8. The molecule has 0 saturated carbocycles. The third-order valence-electron chi connectivity index (χ3n) is 4.97. The molecule has 2 rings (SSSR count). The van der Waals surface area contributed by atoms with E-state index in [1.807, 2.05) is 6.07 Å². The maximum absolute atomic E-state index is 12.2. The van der Waals surface area contributed by atoms with Crippen molar-refractivity contribution in [3.63, 3.8) is 0 Å². The van der Waals surface area contributed by atoms with Crippen LogP contribution in [-0.2, 0) is 16.1 Å². The third-order valence-corrected chi connectivity index (χ3v) is 4.97. The van der Waals surface area contributed by atoms with Gasteiger partial charge < -0.3 is 15.8 Å². The van der Waals surface area contributed by atoms with E-state index in [1.54, 1.807) is 0 Å². The van der Waals surface area contributed by atoms with Gasteiger partial charge in [-0.05, 0) is 44.7 Å². The molecule has 3 N–H and O–H groups in total. The summed E-state index contributed by atoms with van der Waals surface area (Å²) in [6.45, 7) is 5.20. The molecule has 0 bridgehead atoms. The SMILES string of the molecule is CC(CCNC(=O)C(N)C1CCOCC1)N(C)Cc1ccccc1. The fraction of sp³-hybridized carbons (Fsp3) is 0.632. The highest BCUT2D eigenvalue weighted by Crippen LogP contribution is 2.17. The van der Waals surface area contributed by atoms with Crippen molar-refractivity contribution in [3.05, 3.63) is 35.9 Å². The molecule has 1 aliphatic heterocycles. The average Bonchev–Trinajstić information content (AvgIpc) is 2.62. The topological polar surface area (TPSA) is 67.6 Å². The predicted octanol–water partition coefficient (Wildman–Crippen LogP) is 1.77. The summed E-state index contributed by atoms with van der Waals surface area (Å²) >= 11 is 0. The lowest BCUT2D eigenvalue weighted by Crippen LogP contribution is -2.47. The van der Waals surface area contributed by atoms with Gasteiger partial charge in [-0.25, -0.2) is 0 Å². The van der Waals surface area contributed by atoms with Crippen LogP contribution in [0.4, 0.5) is 0 Å². The Morgan fingerprint density at radius 1 is 1.33 bits per heavy atom. The van der Waals surface area contributed by atoms with Crippen LogP contribution in [0.25, 0.3) is 0 Å². The van der Waals surface area contributed by atoms with Crippen LogP contribution in [0.15, 0.2) is 30.3 Å². The number of hydrogen-bond acceptors (Lipinski definition) is 4. The lowest BCUT2D eigenvalue weighted by atomic mass is 9.92. The second-order valence-electron chi connectivity index (χ2n) is 6.81. The minimum Gasteiger partial charge on any atom is -0.381 e. The lowest BCUT2D eigenvalue weighted by molar-refractivity contribution is -0.124. The Morgan fingerprint density at radius 2 is 2.00 bits per heavy atom. The summed E-state index contributed by atoms with van der Waals surface area (Å²) in [5, 5.41) is 3.00. The first-order chi connectivity index (χ1) is 11.6. The summed E-state index contributed by atoms with van der Waals surface area (Å²) in [6, 6.07) is 10.4. The molecule has 5 heteroatoms. The molecule has 134 valence electrons. The van der Waals surface area contributed by atoms with Crippen LogP contribution in [0.3, 0.4) is 0 Å². The fourth-order valence-corrected chi connectivity index (χ4v) is 3.06. The molecule has 1 saturated heterocycles.